The molecule has 0 N–H and O–H groups in total. The van der Waals surface area contributed by atoms with E-state index in [0.29, 0.717) is 17.4 Å². The van der Waals surface area contributed by atoms with Crippen LogP contribution in [0.15, 0.2) is 39.8 Å². The van der Waals surface area contributed by atoms with Crippen molar-refractivity contribution in [3.63, 3.8) is 0 Å². The molecule has 0 bridgehead atoms. The number of oxazole rings is 1. The van der Waals surface area contributed by atoms with Gasteiger partial charge in [0, 0.05) is 0 Å². The fourth-order valence-corrected chi connectivity index (χ4v) is 2.77. The van der Waals surface area contributed by atoms with Crippen LogP contribution in [-0.2, 0) is 6.42 Å². The smallest absolute Gasteiger partial charge is 0.234 e. The summed E-state index contributed by atoms with van der Waals surface area (Å²) in [5, 5.41) is 3.98. The van der Waals surface area contributed by atoms with Crippen LogP contribution in [-0.4, -0.2) is 22.2 Å². The Morgan fingerprint density at radius 1 is 1.33 bits per heavy atom. The highest BCUT2D eigenvalue weighted by Crippen LogP contribution is 2.39. The number of aromatic nitrogens is 3. The Kier molecular flexibility index (Phi) is 2.73. The van der Waals surface area contributed by atoms with Crippen molar-refractivity contribution in [1.29, 1.82) is 0 Å². The van der Waals surface area contributed by atoms with Crippen LogP contribution in [0, 0.1) is 0 Å². The first kappa shape index (κ1) is 12.1. The number of fused-ring (bicyclic) bond motifs is 1. The number of ether oxygens (including phenoxy) is 1. The first-order valence-corrected chi connectivity index (χ1v) is 6.74. The highest BCUT2D eigenvalue weighted by Gasteiger charge is 2.29. The van der Waals surface area contributed by atoms with Crippen molar-refractivity contribution in [3.8, 4) is 17.3 Å². The first-order chi connectivity index (χ1) is 10.3. The van der Waals surface area contributed by atoms with Crippen LogP contribution in [0.2, 0.25) is 0 Å². The summed E-state index contributed by atoms with van der Waals surface area (Å²) in [4.78, 5) is 8.47. The normalized spacial score (nSPS) is 16.9. The molecule has 0 amide bonds. The molecule has 1 atom stereocenters. The molecule has 1 aliphatic rings. The number of methoxy groups -OCH3 is 1. The van der Waals surface area contributed by atoms with Crippen molar-refractivity contribution in [2.45, 2.75) is 18.8 Å². The maximum atomic E-state index is 5.42. The lowest BCUT2D eigenvalue weighted by molar-refractivity contribution is 0.364. The van der Waals surface area contributed by atoms with Crippen LogP contribution >= 0.6 is 0 Å². The van der Waals surface area contributed by atoms with Gasteiger partial charge in [0.05, 0.1) is 13.0 Å². The van der Waals surface area contributed by atoms with Crippen molar-refractivity contribution in [2.24, 2.45) is 0 Å². The summed E-state index contributed by atoms with van der Waals surface area (Å²) in [6, 6.07) is 6.13. The minimum atomic E-state index is 0.114. The summed E-state index contributed by atoms with van der Waals surface area (Å²) < 4.78 is 15.7. The Bertz CT molecular complexity index is 764. The fraction of sp³-hybridized carbons (Fsp3) is 0.267. The molecule has 21 heavy (non-hydrogen) atoms. The van der Waals surface area contributed by atoms with Crippen molar-refractivity contribution in [2.75, 3.05) is 7.11 Å². The lowest BCUT2D eigenvalue weighted by atomic mass is 10.0. The monoisotopic (exact) mass is 283 g/mol. The lowest BCUT2D eigenvalue weighted by Crippen LogP contribution is -1.97. The van der Waals surface area contributed by atoms with E-state index in [1.54, 1.807) is 7.11 Å². The van der Waals surface area contributed by atoms with Gasteiger partial charge in [-0.05, 0) is 36.1 Å². The molecule has 2 aromatic heterocycles. The zero-order chi connectivity index (χ0) is 14.2. The molecule has 0 spiro atoms. The Morgan fingerprint density at radius 3 is 3.10 bits per heavy atom. The first-order valence-electron chi connectivity index (χ1n) is 6.74. The fourth-order valence-electron chi connectivity index (χ4n) is 2.77. The van der Waals surface area contributed by atoms with Crippen LogP contribution in [0.3, 0.4) is 0 Å². The maximum absolute atomic E-state index is 5.42. The Hall–Kier alpha value is -2.63. The predicted molar refractivity (Wildman–Crippen MR) is 73.0 cm³/mol. The molecule has 0 saturated carbocycles. The van der Waals surface area contributed by atoms with Gasteiger partial charge in [-0.25, -0.2) is 4.98 Å². The topological polar surface area (TPSA) is 74.2 Å². The second-order valence-corrected chi connectivity index (χ2v) is 4.99. The van der Waals surface area contributed by atoms with Crippen LogP contribution in [0.25, 0.3) is 11.5 Å². The molecule has 6 nitrogen and oxygen atoms in total. The average molecular weight is 283 g/mol. The summed E-state index contributed by atoms with van der Waals surface area (Å²) in [5.41, 5.74) is 3.08. The lowest BCUT2D eigenvalue weighted by Gasteiger charge is -2.08. The Balaban J connectivity index is 1.70. The van der Waals surface area contributed by atoms with E-state index in [1.807, 2.05) is 12.1 Å². The quantitative estimate of drug-likeness (QED) is 0.735. The van der Waals surface area contributed by atoms with Gasteiger partial charge in [0.2, 0.25) is 11.7 Å². The highest BCUT2D eigenvalue weighted by atomic mass is 16.5. The van der Waals surface area contributed by atoms with Gasteiger partial charge in [-0.15, -0.1) is 0 Å². The number of aryl methyl sites for hydroxylation is 1. The van der Waals surface area contributed by atoms with Gasteiger partial charge >= 0.3 is 0 Å². The van der Waals surface area contributed by atoms with Gasteiger partial charge in [0.1, 0.15) is 17.7 Å². The van der Waals surface area contributed by atoms with Gasteiger partial charge < -0.3 is 13.7 Å². The van der Waals surface area contributed by atoms with Crippen molar-refractivity contribution in [1.82, 2.24) is 15.1 Å². The molecule has 0 radical (unpaired) electrons. The predicted octanol–water partition coefficient (Wildman–Crippen LogP) is 2.81. The molecular weight excluding hydrogens is 270 g/mol. The van der Waals surface area contributed by atoms with E-state index in [1.165, 1.54) is 23.8 Å². The second kappa shape index (κ2) is 4.73. The van der Waals surface area contributed by atoms with Gasteiger partial charge in [-0.3, -0.25) is 0 Å². The van der Waals surface area contributed by atoms with E-state index in [-0.39, 0.29) is 5.92 Å². The van der Waals surface area contributed by atoms with E-state index in [4.69, 9.17) is 13.7 Å². The Morgan fingerprint density at radius 2 is 2.29 bits per heavy atom. The van der Waals surface area contributed by atoms with Crippen LogP contribution in [0.4, 0.5) is 0 Å². The maximum Gasteiger partial charge on any atom is 0.234 e. The molecule has 0 saturated heterocycles. The third-order valence-corrected chi connectivity index (χ3v) is 3.83. The number of rotatable bonds is 3. The third-order valence-electron chi connectivity index (χ3n) is 3.83. The molecule has 106 valence electrons. The van der Waals surface area contributed by atoms with Gasteiger partial charge in [-0.2, -0.15) is 4.98 Å². The molecule has 0 aliphatic heterocycles. The van der Waals surface area contributed by atoms with E-state index >= 15 is 0 Å². The van der Waals surface area contributed by atoms with Crippen molar-refractivity contribution >= 4 is 0 Å². The van der Waals surface area contributed by atoms with Crippen molar-refractivity contribution < 1.29 is 13.7 Å². The Labute approximate surface area is 120 Å². The minimum absolute atomic E-state index is 0.114. The van der Waals surface area contributed by atoms with E-state index < -0.39 is 0 Å². The van der Waals surface area contributed by atoms with Gasteiger partial charge in [0.15, 0.2) is 6.39 Å². The summed E-state index contributed by atoms with van der Waals surface area (Å²) >= 11 is 0. The highest BCUT2D eigenvalue weighted by molar-refractivity contribution is 5.47. The molecule has 1 aliphatic carbocycles. The minimum Gasteiger partial charge on any atom is -0.497 e. The molecule has 6 heteroatoms. The zero-order valence-electron chi connectivity index (χ0n) is 11.4. The second-order valence-electron chi connectivity index (χ2n) is 4.99. The molecule has 2 heterocycles. The van der Waals surface area contributed by atoms with Crippen molar-refractivity contribution in [3.05, 3.63) is 47.9 Å². The van der Waals surface area contributed by atoms with Gasteiger partial charge in [0.25, 0.3) is 0 Å². The SMILES string of the molecule is COc1ccc2c(c1)C(c1nc(-c3cocn3)no1)CC2. The molecule has 1 unspecified atom stereocenters. The van der Waals surface area contributed by atoms with E-state index in [0.717, 1.165) is 18.6 Å². The third kappa shape index (κ3) is 1.99. The molecule has 3 aromatic rings. The summed E-state index contributed by atoms with van der Waals surface area (Å²) in [6.07, 6.45) is 4.82. The zero-order valence-corrected chi connectivity index (χ0v) is 11.4. The summed E-state index contributed by atoms with van der Waals surface area (Å²) in [7, 11) is 1.67. The van der Waals surface area contributed by atoms with Gasteiger partial charge in [-0.1, -0.05) is 11.2 Å². The number of benzene rings is 1. The van der Waals surface area contributed by atoms with Crippen LogP contribution in [0.5, 0.6) is 5.75 Å². The van der Waals surface area contributed by atoms with Crippen LogP contribution < -0.4 is 4.74 Å². The molecule has 1 aromatic carbocycles. The van der Waals surface area contributed by atoms with E-state index in [9.17, 15) is 0 Å². The molecule has 4 rings (SSSR count). The standard InChI is InChI=1S/C15H13N3O3/c1-19-10-4-2-9-3-5-11(12(9)6-10)15-17-14(18-21-15)13-7-20-8-16-13/h2,4,6-8,11H,3,5H2,1H3. The molecule has 0 fully saturated rings. The molecular formula is C15H13N3O3. The summed E-state index contributed by atoms with van der Waals surface area (Å²) in [5.74, 6) is 2.02. The number of hydrogen-bond acceptors (Lipinski definition) is 6. The number of nitrogens with zero attached hydrogens (tertiary/aromatic N) is 3. The van der Waals surface area contributed by atoms with E-state index in [2.05, 4.69) is 21.2 Å². The number of hydrogen-bond donors (Lipinski definition) is 0. The van der Waals surface area contributed by atoms with Crippen LogP contribution in [0.1, 0.15) is 29.4 Å². The average Bonchev–Trinajstić information content (AvgIpc) is 3.24. The summed E-state index contributed by atoms with van der Waals surface area (Å²) in [6.45, 7) is 0. The largest absolute Gasteiger partial charge is 0.497 e.